The highest BCUT2D eigenvalue weighted by atomic mass is 35.5. The van der Waals surface area contributed by atoms with E-state index in [2.05, 4.69) is 25.2 Å². The molecule has 1 aromatic carbocycles. The van der Waals surface area contributed by atoms with Crippen LogP contribution in [-0.2, 0) is 4.79 Å². The van der Waals surface area contributed by atoms with Gasteiger partial charge in [0.1, 0.15) is 5.75 Å². The van der Waals surface area contributed by atoms with Gasteiger partial charge in [0.05, 0.1) is 13.0 Å². The van der Waals surface area contributed by atoms with Crippen LogP contribution in [0.15, 0.2) is 18.2 Å². The van der Waals surface area contributed by atoms with Crippen LogP contribution in [0, 0.1) is 13.8 Å². The lowest BCUT2D eigenvalue weighted by Crippen LogP contribution is -2.39. The van der Waals surface area contributed by atoms with Crippen LogP contribution in [-0.4, -0.2) is 42.6 Å². The molecule has 2 heterocycles. The van der Waals surface area contributed by atoms with Gasteiger partial charge in [-0.2, -0.15) is 0 Å². The molecule has 5 heteroatoms. The van der Waals surface area contributed by atoms with Gasteiger partial charge in [-0.05, 0) is 56.4 Å². The highest BCUT2D eigenvalue weighted by molar-refractivity contribution is 5.85. The second kappa shape index (κ2) is 8.02. The van der Waals surface area contributed by atoms with Crippen molar-refractivity contribution in [2.24, 2.45) is 0 Å². The maximum Gasteiger partial charge on any atom is 0.226 e. The van der Waals surface area contributed by atoms with Crippen LogP contribution in [0.4, 0.5) is 0 Å². The summed E-state index contributed by atoms with van der Waals surface area (Å²) in [5.74, 6) is 1.07. The summed E-state index contributed by atoms with van der Waals surface area (Å²) in [4.78, 5) is 14.4. The molecule has 1 N–H and O–H groups in total. The predicted octanol–water partition coefficient (Wildman–Crippen LogP) is 2.85. The number of halogens is 1. The summed E-state index contributed by atoms with van der Waals surface area (Å²) >= 11 is 0. The number of nitrogens with one attached hydrogen (secondary N) is 1. The van der Waals surface area contributed by atoms with Gasteiger partial charge >= 0.3 is 0 Å². The smallest absolute Gasteiger partial charge is 0.226 e. The summed E-state index contributed by atoms with van der Waals surface area (Å²) < 4.78 is 5.73. The number of rotatable bonds is 4. The van der Waals surface area contributed by atoms with E-state index in [0.29, 0.717) is 25.1 Å². The summed E-state index contributed by atoms with van der Waals surface area (Å²) in [6.45, 7) is 6.37. The maximum absolute atomic E-state index is 12.4. The van der Waals surface area contributed by atoms with Crippen LogP contribution in [0.3, 0.4) is 0 Å². The van der Waals surface area contributed by atoms with Crippen molar-refractivity contribution in [1.29, 1.82) is 0 Å². The Bertz CT molecular complexity index is 550. The Morgan fingerprint density at radius 2 is 2.00 bits per heavy atom. The number of benzene rings is 1. The standard InChI is InChI=1S/C18H26N2O2.ClH/c1-13-3-6-17(11-14(13)2)22-10-8-18(21)20-9-7-15-4-5-16(12-20)19-15;/h3,6,11,15-16,19H,4-5,7-10,12H2,1-2H3;1H. The molecule has 2 unspecified atom stereocenters. The predicted molar refractivity (Wildman–Crippen MR) is 94.4 cm³/mol. The highest BCUT2D eigenvalue weighted by Gasteiger charge is 2.30. The molecule has 23 heavy (non-hydrogen) atoms. The number of fused-ring (bicyclic) bond motifs is 2. The second-order valence-electron chi connectivity index (χ2n) is 6.61. The second-order valence-corrected chi connectivity index (χ2v) is 6.61. The largest absolute Gasteiger partial charge is 0.493 e. The lowest BCUT2D eigenvalue weighted by atomic mass is 10.1. The molecule has 3 rings (SSSR count). The molecule has 2 atom stereocenters. The van der Waals surface area contributed by atoms with Crippen LogP contribution in [0.1, 0.15) is 36.8 Å². The molecule has 128 valence electrons. The molecule has 2 saturated heterocycles. The topological polar surface area (TPSA) is 41.6 Å². The van der Waals surface area contributed by atoms with E-state index in [1.54, 1.807) is 0 Å². The first-order chi connectivity index (χ1) is 10.6. The Kier molecular flexibility index (Phi) is 6.31. The number of carbonyl (C=O) groups is 1. The van der Waals surface area contributed by atoms with Crippen LogP contribution in [0.5, 0.6) is 5.75 Å². The molecule has 2 bridgehead atoms. The Morgan fingerprint density at radius 1 is 1.22 bits per heavy atom. The van der Waals surface area contributed by atoms with Crippen molar-refractivity contribution in [1.82, 2.24) is 10.2 Å². The normalized spacial score (nSPS) is 23.1. The number of hydrogen-bond acceptors (Lipinski definition) is 3. The van der Waals surface area contributed by atoms with Crippen molar-refractivity contribution in [3.63, 3.8) is 0 Å². The minimum atomic E-state index is 0. The third-order valence-corrected chi connectivity index (χ3v) is 4.94. The van der Waals surface area contributed by atoms with Crippen LogP contribution >= 0.6 is 12.4 Å². The van der Waals surface area contributed by atoms with Crippen molar-refractivity contribution < 1.29 is 9.53 Å². The first-order valence-corrected chi connectivity index (χ1v) is 8.35. The van der Waals surface area contributed by atoms with Gasteiger partial charge in [-0.15, -0.1) is 12.4 Å². The van der Waals surface area contributed by atoms with Crippen molar-refractivity contribution >= 4 is 18.3 Å². The molecular weight excluding hydrogens is 312 g/mol. The van der Waals surface area contributed by atoms with Gasteiger partial charge in [-0.1, -0.05) is 6.07 Å². The van der Waals surface area contributed by atoms with Gasteiger partial charge in [-0.3, -0.25) is 4.79 Å². The van der Waals surface area contributed by atoms with Crippen LogP contribution < -0.4 is 10.1 Å². The third kappa shape index (κ3) is 4.61. The molecule has 0 aliphatic carbocycles. The van der Waals surface area contributed by atoms with E-state index >= 15 is 0 Å². The van der Waals surface area contributed by atoms with Gasteiger partial charge in [0, 0.05) is 25.2 Å². The van der Waals surface area contributed by atoms with Crippen molar-refractivity contribution in [3.05, 3.63) is 29.3 Å². The average molecular weight is 339 g/mol. The minimum absolute atomic E-state index is 0. The van der Waals surface area contributed by atoms with Gasteiger partial charge in [0.25, 0.3) is 0 Å². The zero-order chi connectivity index (χ0) is 15.5. The van der Waals surface area contributed by atoms with Gasteiger partial charge in [0.2, 0.25) is 5.91 Å². The Hall–Kier alpha value is -1.26. The molecule has 1 amide bonds. The fourth-order valence-corrected chi connectivity index (χ4v) is 3.39. The molecule has 2 aliphatic rings. The lowest BCUT2D eigenvalue weighted by molar-refractivity contribution is -0.131. The number of likely N-dealkylation sites (tertiary alicyclic amines) is 1. The third-order valence-electron chi connectivity index (χ3n) is 4.94. The first-order valence-electron chi connectivity index (χ1n) is 8.35. The molecule has 2 aliphatic heterocycles. The number of carbonyl (C=O) groups excluding carboxylic acids is 1. The summed E-state index contributed by atoms with van der Waals surface area (Å²) in [6.07, 6.45) is 4.01. The molecule has 0 radical (unpaired) electrons. The number of ether oxygens (including phenoxy) is 1. The first kappa shape index (κ1) is 18.1. The van der Waals surface area contributed by atoms with Crippen molar-refractivity contribution in [2.75, 3.05) is 19.7 Å². The van der Waals surface area contributed by atoms with Crippen LogP contribution in [0.25, 0.3) is 0 Å². The summed E-state index contributed by atoms with van der Waals surface area (Å²) in [7, 11) is 0. The van der Waals surface area contributed by atoms with E-state index in [1.165, 1.54) is 24.0 Å². The summed E-state index contributed by atoms with van der Waals surface area (Å²) in [5, 5.41) is 3.61. The van der Waals surface area contributed by atoms with Crippen LogP contribution in [0.2, 0.25) is 0 Å². The van der Waals surface area contributed by atoms with E-state index in [1.807, 2.05) is 17.0 Å². The molecule has 4 nitrogen and oxygen atoms in total. The molecule has 0 saturated carbocycles. The van der Waals surface area contributed by atoms with E-state index < -0.39 is 0 Å². The number of amides is 1. The monoisotopic (exact) mass is 338 g/mol. The number of nitrogens with zero attached hydrogens (tertiary/aromatic N) is 1. The Labute approximate surface area is 145 Å². The van der Waals surface area contributed by atoms with E-state index in [9.17, 15) is 4.79 Å². The van der Waals surface area contributed by atoms with E-state index in [-0.39, 0.29) is 18.3 Å². The lowest BCUT2D eigenvalue weighted by Gasteiger charge is -2.24. The average Bonchev–Trinajstić information content (AvgIpc) is 2.82. The van der Waals surface area contributed by atoms with E-state index in [0.717, 1.165) is 25.3 Å². The van der Waals surface area contributed by atoms with Gasteiger partial charge < -0.3 is 15.0 Å². The van der Waals surface area contributed by atoms with Crippen molar-refractivity contribution in [2.45, 2.75) is 51.6 Å². The molecule has 0 spiro atoms. The quantitative estimate of drug-likeness (QED) is 0.917. The zero-order valence-corrected chi connectivity index (χ0v) is 14.8. The Balaban J connectivity index is 0.00000192. The fraction of sp³-hybridized carbons (Fsp3) is 0.611. The maximum atomic E-state index is 12.4. The SMILES string of the molecule is Cc1ccc(OCCC(=O)N2CCC3CCC(C2)N3)cc1C.Cl. The minimum Gasteiger partial charge on any atom is -0.493 e. The molecule has 2 fully saturated rings. The van der Waals surface area contributed by atoms with Gasteiger partial charge in [-0.25, -0.2) is 0 Å². The summed E-state index contributed by atoms with van der Waals surface area (Å²) in [5.41, 5.74) is 2.48. The molecule has 1 aromatic rings. The Morgan fingerprint density at radius 3 is 2.78 bits per heavy atom. The number of aryl methyl sites for hydroxylation is 2. The number of hydrogen-bond donors (Lipinski definition) is 1. The van der Waals surface area contributed by atoms with E-state index in [4.69, 9.17) is 4.74 Å². The van der Waals surface area contributed by atoms with Gasteiger partial charge in [0.15, 0.2) is 0 Å². The molecular formula is C18H27ClN2O2. The summed E-state index contributed by atoms with van der Waals surface area (Å²) in [6, 6.07) is 7.19. The van der Waals surface area contributed by atoms with Crippen molar-refractivity contribution in [3.8, 4) is 5.75 Å². The fourth-order valence-electron chi connectivity index (χ4n) is 3.39. The highest BCUT2D eigenvalue weighted by Crippen LogP contribution is 2.21. The molecule has 0 aromatic heterocycles. The zero-order valence-electron chi connectivity index (χ0n) is 14.0.